The zero-order valence-corrected chi connectivity index (χ0v) is 6.59. The van der Waals surface area contributed by atoms with Crippen LogP contribution in [0.2, 0.25) is 0 Å². The van der Waals surface area contributed by atoms with Crippen molar-refractivity contribution in [1.29, 1.82) is 0 Å². The molecule has 0 saturated carbocycles. The molecule has 60 valence electrons. The summed E-state index contributed by atoms with van der Waals surface area (Å²) < 4.78 is 8.94. The van der Waals surface area contributed by atoms with Gasteiger partial charge < -0.3 is 9.26 Å². The summed E-state index contributed by atoms with van der Waals surface area (Å²) in [6.45, 7) is 0. The summed E-state index contributed by atoms with van der Waals surface area (Å²) in [6.07, 6.45) is 1.32. The first-order chi connectivity index (χ1) is 5.29. The van der Waals surface area contributed by atoms with Crippen LogP contribution in [-0.4, -0.2) is 18.2 Å². The fourth-order valence-electron chi connectivity index (χ4n) is 0.617. The van der Waals surface area contributed by atoms with E-state index in [-0.39, 0.29) is 11.6 Å². The van der Waals surface area contributed by atoms with Crippen molar-refractivity contribution in [3.63, 3.8) is 0 Å². The molecule has 0 N–H and O–H groups in total. The number of rotatable bonds is 2. The molecule has 11 heavy (non-hydrogen) atoms. The molecule has 0 aromatic carbocycles. The zero-order valence-electron chi connectivity index (χ0n) is 5.83. The van der Waals surface area contributed by atoms with Crippen LogP contribution in [0.15, 0.2) is 10.8 Å². The van der Waals surface area contributed by atoms with Crippen LogP contribution in [0.3, 0.4) is 0 Å². The van der Waals surface area contributed by atoms with Crippen molar-refractivity contribution in [2.24, 2.45) is 0 Å². The van der Waals surface area contributed by atoms with Crippen LogP contribution in [0.5, 0.6) is 0 Å². The number of ether oxygens (including phenoxy) is 1. The number of carbonyl (C=O) groups excluding carboxylic acids is 1. The van der Waals surface area contributed by atoms with Gasteiger partial charge in [-0.25, -0.2) is 4.79 Å². The summed E-state index contributed by atoms with van der Waals surface area (Å²) in [5.41, 5.74) is 0.681. The van der Waals surface area contributed by atoms with E-state index in [2.05, 4.69) is 14.4 Å². The Bertz CT molecular complexity index is 258. The number of carbonyl (C=O) groups is 1. The van der Waals surface area contributed by atoms with Crippen molar-refractivity contribution in [1.82, 2.24) is 5.16 Å². The van der Waals surface area contributed by atoms with Crippen LogP contribution in [0.25, 0.3) is 0 Å². The van der Waals surface area contributed by atoms with Crippen LogP contribution in [0.4, 0.5) is 0 Å². The van der Waals surface area contributed by atoms with Crippen molar-refractivity contribution in [2.45, 2.75) is 5.88 Å². The molecule has 0 aliphatic rings. The molecule has 0 aliphatic heterocycles. The smallest absolute Gasteiger partial charge is 0.360 e. The third-order valence-corrected chi connectivity index (χ3v) is 1.45. The molecule has 0 atom stereocenters. The highest BCUT2D eigenvalue weighted by Gasteiger charge is 2.15. The minimum absolute atomic E-state index is 0.141. The maximum absolute atomic E-state index is 10.9. The van der Waals surface area contributed by atoms with E-state index in [1.807, 2.05) is 0 Å². The number of methoxy groups -OCH3 is 1. The highest BCUT2D eigenvalue weighted by Crippen LogP contribution is 2.10. The SMILES string of the molecule is COC(=O)c1nocc1CCl. The second-order valence-electron chi connectivity index (χ2n) is 1.81. The second-order valence-corrected chi connectivity index (χ2v) is 2.08. The number of nitrogens with zero attached hydrogens (tertiary/aromatic N) is 1. The average molecular weight is 176 g/mol. The maximum atomic E-state index is 10.9. The standard InChI is InChI=1S/C6H6ClNO3/c1-10-6(9)5-4(2-7)3-11-8-5/h3H,2H2,1H3. The van der Waals surface area contributed by atoms with Crippen LogP contribution in [-0.2, 0) is 10.6 Å². The van der Waals surface area contributed by atoms with E-state index in [9.17, 15) is 4.79 Å². The Morgan fingerprint density at radius 2 is 2.64 bits per heavy atom. The first-order valence-electron chi connectivity index (χ1n) is 2.87. The molecule has 0 unspecified atom stereocenters. The lowest BCUT2D eigenvalue weighted by Crippen LogP contribution is -2.03. The zero-order chi connectivity index (χ0) is 8.27. The second kappa shape index (κ2) is 3.39. The number of esters is 1. The van der Waals surface area contributed by atoms with E-state index in [0.717, 1.165) is 0 Å². The molecule has 1 heterocycles. The van der Waals surface area contributed by atoms with Gasteiger partial charge in [-0.1, -0.05) is 5.16 Å². The van der Waals surface area contributed by atoms with E-state index in [4.69, 9.17) is 11.6 Å². The van der Waals surface area contributed by atoms with Crippen molar-refractivity contribution in [3.8, 4) is 0 Å². The minimum Gasteiger partial charge on any atom is -0.464 e. The van der Waals surface area contributed by atoms with Gasteiger partial charge in [-0.15, -0.1) is 11.6 Å². The van der Waals surface area contributed by atoms with E-state index in [0.29, 0.717) is 5.56 Å². The summed E-state index contributed by atoms with van der Waals surface area (Å²) in [4.78, 5) is 10.9. The predicted molar refractivity (Wildman–Crippen MR) is 37.4 cm³/mol. The fraction of sp³-hybridized carbons (Fsp3) is 0.333. The van der Waals surface area contributed by atoms with E-state index >= 15 is 0 Å². The molecule has 1 aromatic rings. The van der Waals surface area contributed by atoms with E-state index in [1.54, 1.807) is 0 Å². The fourth-order valence-corrected chi connectivity index (χ4v) is 0.807. The van der Waals surface area contributed by atoms with Gasteiger partial charge in [0.2, 0.25) is 0 Å². The Labute approximate surface area is 68.1 Å². The Morgan fingerprint density at radius 3 is 3.18 bits per heavy atom. The normalized spacial score (nSPS) is 9.64. The Morgan fingerprint density at radius 1 is 1.91 bits per heavy atom. The summed E-state index contributed by atoms with van der Waals surface area (Å²) >= 11 is 5.47. The molecule has 4 nitrogen and oxygen atoms in total. The molecule has 1 rings (SSSR count). The number of hydrogen-bond acceptors (Lipinski definition) is 4. The average Bonchev–Trinajstić information content (AvgIpc) is 2.50. The largest absolute Gasteiger partial charge is 0.464 e. The molecular weight excluding hydrogens is 170 g/mol. The molecule has 0 radical (unpaired) electrons. The molecule has 0 amide bonds. The van der Waals surface area contributed by atoms with Gasteiger partial charge in [0, 0.05) is 5.56 Å². The molecule has 5 heteroatoms. The first-order valence-corrected chi connectivity index (χ1v) is 3.40. The lowest BCUT2D eigenvalue weighted by Gasteiger charge is -1.93. The molecule has 0 fully saturated rings. The Balaban J connectivity index is 2.92. The van der Waals surface area contributed by atoms with Crippen molar-refractivity contribution in [3.05, 3.63) is 17.5 Å². The van der Waals surface area contributed by atoms with Crippen molar-refractivity contribution in [2.75, 3.05) is 7.11 Å². The van der Waals surface area contributed by atoms with E-state index in [1.165, 1.54) is 13.4 Å². The predicted octanol–water partition coefficient (Wildman–Crippen LogP) is 1.20. The number of halogens is 1. The first kappa shape index (κ1) is 8.07. The van der Waals surface area contributed by atoms with E-state index < -0.39 is 5.97 Å². The van der Waals surface area contributed by atoms with Gasteiger partial charge in [-0.2, -0.15) is 0 Å². The Hall–Kier alpha value is -1.03. The number of alkyl halides is 1. The van der Waals surface area contributed by atoms with Gasteiger partial charge in [-0.05, 0) is 0 Å². The highest BCUT2D eigenvalue weighted by molar-refractivity contribution is 6.17. The van der Waals surface area contributed by atoms with Gasteiger partial charge in [0.25, 0.3) is 0 Å². The molecule has 0 saturated heterocycles. The molecule has 0 bridgehead atoms. The van der Waals surface area contributed by atoms with Crippen molar-refractivity contribution >= 4 is 17.6 Å². The van der Waals surface area contributed by atoms with Gasteiger partial charge in [0.15, 0.2) is 5.69 Å². The maximum Gasteiger partial charge on any atom is 0.360 e. The monoisotopic (exact) mass is 175 g/mol. The molecular formula is C6H6ClNO3. The quantitative estimate of drug-likeness (QED) is 0.501. The number of hydrogen-bond donors (Lipinski definition) is 0. The highest BCUT2D eigenvalue weighted by atomic mass is 35.5. The molecule has 0 spiro atoms. The van der Waals surface area contributed by atoms with Gasteiger partial charge in [0.05, 0.1) is 13.0 Å². The molecule has 1 aromatic heterocycles. The van der Waals surface area contributed by atoms with Crippen LogP contribution < -0.4 is 0 Å². The van der Waals surface area contributed by atoms with Gasteiger partial charge in [0.1, 0.15) is 6.26 Å². The van der Waals surface area contributed by atoms with Gasteiger partial charge >= 0.3 is 5.97 Å². The molecule has 0 aliphatic carbocycles. The third-order valence-electron chi connectivity index (χ3n) is 1.17. The summed E-state index contributed by atoms with van der Waals surface area (Å²) in [6, 6.07) is 0. The van der Waals surface area contributed by atoms with Crippen LogP contribution in [0.1, 0.15) is 16.1 Å². The van der Waals surface area contributed by atoms with Crippen LogP contribution >= 0.6 is 11.6 Å². The lowest BCUT2D eigenvalue weighted by molar-refractivity contribution is 0.0588. The Kier molecular flexibility index (Phi) is 2.48. The van der Waals surface area contributed by atoms with Crippen molar-refractivity contribution < 1.29 is 14.1 Å². The minimum atomic E-state index is -0.533. The summed E-state index contributed by atoms with van der Waals surface area (Å²) in [7, 11) is 1.27. The topological polar surface area (TPSA) is 52.3 Å². The summed E-state index contributed by atoms with van der Waals surface area (Å²) in [5, 5.41) is 3.42. The van der Waals surface area contributed by atoms with Gasteiger partial charge in [-0.3, -0.25) is 0 Å². The third kappa shape index (κ3) is 1.51. The van der Waals surface area contributed by atoms with Crippen LogP contribution in [0, 0.1) is 0 Å². The summed E-state index contributed by atoms with van der Waals surface area (Å²) in [5.74, 6) is -0.345. The number of aromatic nitrogens is 1. The lowest BCUT2D eigenvalue weighted by atomic mass is 10.3.